The first-order valence-corrected chi connectivity index (χ1v) is 10.4. The molecule has 0 unspecified atom stereocenters. The molecule has 154 valence electrons. The van der Waals surface area contributed by atoms with Crippen molar-refractivity contribution in [2.75, 3.05) is 17.5 Å². The highest BCUT2D eigenvalue weighted by molar-refractivity contribution is 7.92. The SMILES string of the molecule is C=CCN(c1ccccc1)S(=O)(=O)c1cccc(C(=O)OCC(=O)NC(C)C)c1. The summed E-state index contributed by atoms with van der Waals surface area (Å²) in [5.41, 5.74) is 0.515. The summed E-state index contributed by atoms with van der Waals surface area (Å²) in [6.45, 7) is 6.82. The lowest BCUT2D eigenvalue weighted by atomic mass is 10.2. The van der Waals surface area contributed by atoms with Crippen molar-refractivity contribution in [3.05, 3.63) is 72.8 Å². The van der Waals surface area contributed by atoms with Crippen molar-refractivity contribution in [1.82, 2.24) is 5.32 Å². The number of hydrogen-bond acceptors (Lipinski definition) is 5. The summed E-state index contributed by atoms with van der Waals surface area (Å²) in [6.07, 6.45) is 1.48. The number of rotatable bonds is 9. The normalized spacial score (nSPS) is 11.0. The average Bonchev–Trinajstić information content (AvgIpc) is 2.70. The van der Waals surface area contributed by atoms with E-state index in [0.717, 1.165) is 0 Å². The molecule has 0 radical (unpaired) electrons. The second-order valence-corrected chi connectivity index (χ2v) is 8.35. The highest BCUT2D eigenvalue weighted by atomic mass is 32.2. The number of sulfonamides is 1. The van der Waals surface area contributed by atoms with Crippen LogP contribution in [0.15, 0.2) is 72.1 Å². The van der Waals surface area contributed by atoms with E-state index in [0.29, 0.717) is 5.69 Å². The van der Waals surface area contributed by atoms with E-state index in [-0.39, 0.29) is 23.0 Å². The van der Waals surface area contributed by atoms with Crippen LogP contribution in [0.1, 0.15) is 24.2 Å². The van der Waals surface area contributed by atoms with Gasteiger partial charge in [0.05, 0.1) is 22.7 Å². The molecular weight excluding hydrogens is 392 g/mol. The molecule has 8 heteroatoms. The van der Waals surface area contributed by atoms with E-state index >= 15 is 0 Å². The van der Waals surface area contributed by atoms with Gasteiger partial charge in [-0.1, -0.05) is 30.3 Å². The maximum atomic E-state index is 13.1. The zero-order valence-electron chi connectivity index (χ0n) is 16.4. The minimum atomic E-state index is -3.94. The fourth-order valence-electron chi connectivity index (χ4n) is 2.54. The highest BCUT2D eigenvalue weighted by Gasteiger charge is 2.25. The first-order chi connectivity index (χ1) is 13.8. The van der Waals surface area contributed by atoms with Gasteiger partial charge in [-0.25, -0.2) is 13.2 Å². The van der Waals surface area contributed by atoms with Crippen molar-refractivity contribution >= 4 is 27.6 Å². The summed E-state index contributed by atoms with van der Waals surface area (Å²) in [5.74, 6) is -1.21. The second kappa shape index (κ2) is 9.88. The Morgan fingerprint density at radius 3 is 2.45 bits per heavy atom. The van der Waals surface area contributed by atoms with Gasteiger partial charge in [0.1, 0.15) is 0 Å². The predicted octanol–water partition coefficient (Wildman–Crippen LogP) is 2.75. The van der Waals surface area contributed by atoms with Crippen LogP contribution in [0.4, 0.5) is 5.69 Å². The second-order valence-electron chi connectivity index (χ2n) is 6.49. The van der Waals surface area contributed by atoms with Gasteiger partial charge in [-0.3, -0.25) is 9.10 Å². The standard InChI is InChI=1S/C21H24N2O5S/c1-4-13-23(18-10-6-5-7-11-18)29(26,27)19-12-8-9-17(14-19)21(25)28-15-20(24)22-16(2)3/h4-12,14,16H,1,13,15H2,2-3H3,(H,22,24). The van der Waals surface area contributed by atoms with Gasteiger partial charge in [-0.05, 0) is 44.2 Å². The van der Waals surface area contributed by atoms with Crippen LogP contribution in [0.2, 0.25) is 0 Å². The van der Waals surface area contributed by atoms with Crippen LogP contribution in [-0.2, 0) is 19.6 Å². The number of amides is 1. The lowest BCUT2D eigenvalue weighted by Crippen LogP contribution is -2.34. The number of nitrogens with zero attached hydrogens (tertiary/aromatic N) is 1. The molecule has 2 aromatic carbocycles. The first-order valence-electron chi connectivity index (χ1n) is 9.01. The topological polar surface area (TPSA) is 92.8 Å². The Balaban J connectivity index is 2.25. The van der Waals surface area contributed by atoms with E-state index < -0.39 is 28.5 Å². The number of anilines is 1. The van der Waals surface area contributed by atoms with Crippen LogP contribution in [0.5, 0.6) is 0 Å². The third-order valence-electron chi connectivity index (χ3n) is 3.78. The van der Waals surface area contributed by atoms with Crippen LogP contribution >= 0.6 is 0 Å². The van der Waals surface area contributed by atoms with Crippen molar-refractivity contribution < 1.29 is 22.7 Å². The van der Waals surface area contributed by atoms with Crippen molar-refractivity contribution in [2.45, 2.75) is 24.8 Å². The molecule has 0 aliphatic rings. The molecule has 0 aliphatic heterocycles. The Kier molecular flexibility index (Phi) is 7.55. The van der Waals surface area contributed by atoms with Gasteiger partial charge < -0.3 is 10.1 Å². The zero-order chi connectivity index (χ0) is 21.4. The molecule has 7 nitrogen and oxygen atoms in total. The summed E-state index contributed by atoms with van der Waals surface area (Å²) < 4.78 is 32.5. The summed E-state index contributed by atoms with van der Waals surface area (Å²) in [6, 6.07) is 14.0. The quantitative estimate of drug-likeness (QED) is 0.501. The Morgan fingerprint density at radius 1 is 1.14 bits per heavy atom. The van der Waals surface area contributed by atoms with Gasteiger partial charge in [0.25, 0.3) is 15.9 Å². The largest absolute Gasteiger partial charge is 0.452 e. The Morgan fingerprint density at radius 2 is 1.83 bits per heavy atom. The van der Waals surface area contributed by atoms with Crippen LogP contribution in [0.3, 0.4) is 0 Å². The number of carbonyl (C=O) groups is 2. The molecule has 29 heavy (non-hydrogen) atoms. The molecular formula is C21H24N2O5S. The maximum absolute atomic E-state index is 13.1. The molecule has 1 N–H and O–H groups in total. The molecule has 2 aromatic rings. The summed E-state index contributed by atoms with van der Waals surface area (Å²) in [5, 5.41) is 2.60. The molecule has 0 heterocycles. The minimum absolute atomic E-state index is 0.0371. The number of benzene rings is 2. The van der Waals surface area contributed by atoms with Gasteiger partial charge in [-0.2, -0.15) is 0 Å². The van der Waals surface area contributed by atoms with Crippen molar-refractivity contribution in [3.63, 3.8) is 0 Å². The molecule has 2 rings (SSSR count). The summed E-state index contributed by atoms with van der Waals surface area (Å²) >= 11 is 0. The molecule has 0 aliphatic carbocycles. The molecule has 0 aromatic heterocycles. The molecule has 0 saturated heterocycles. The predicted molar refractivity (Wildman–Crippen MR) is 111 cm³/mol. The smallest absolute Gasteiger partial charge is 0.338 e. The summed E-state index contributed by atoms with van der Waals surface area (Å²) in [7, 11) is -3.94. The summed E-state index contributed by atoms with van der Waals surface area (Å²) in [4.78, 5) is 23.8. The molecule has 0 bridgehead atoms. The van der Waals surface area contributed by atoms with Crippen molar-refractivity contribution in [2.24, 2.45) is 0 Å². The Bertz CT molecular complexity index is 972. The number of ether oxygens (including phenoxy) is 1. The maximum Gasteiger partial charge on any atom is 0.338 e. The number of para-hydroxylation sites is 1. The van der Waals surface area contributed by atoms with Gasteiger partial charge in [-0.15, -0.1) is 6.58 Å². The molecule has 1 amide bonds. The zero-order valence-corrected chi connectivity index (χ0v) is 17.2. The van der Waals surface area contributed by atoms with Crippen LogP contribution in [0.25, 0.3) is 0 Å². The van der Waals surface area contributed by atoms with Gasteiger partial charge in [0.2, 0.25) is 0 Å². The highest BCUT2D eigenvalue weighted by Crippen LogP contribution is 2.24. The van der Waals surface area contributed by atoms with E-state index in [1.165, 1.54) is 34.6 Å². The lowest BCUT2D eigenvalue weighted by Gasteiger charge is -2.23. The van der Waals surface area contributed by atoms with E-state index in [1.54, 1.807) is 44.2 Å². The molecule has 0 spiro atoms. The van der Waals surface area contributed by atoms with Crippen LogP contribution in [0, 0.1) is 0 Å². The lowest BCUT2D eigenvalue weighted by molar-refractivity contribution is -0.124. The molecule has 0 atom stereocenters. The van der Waals surface area contributed by atoms with E-state index in [2.05, 4.69) is 11.9 Å². The minimum Gasteiger partial charge on any atom is -0.452 e. The van der Waals surface area contributed by atoms with E-state index in [9.17, 15) is 18.0 Å². The monoisotopic (exact) mass is 416 g/mol. The number of carbonyl (C=O) groups excluding carboxylic acids is 2. The molecule has 0 saturated carbocycles. The van der Waals surface area contributed by atoms with Gasteiger partial charge in [0.15, 0.2) is 6.61 Å². The van der Waals surface area contributed by atoms with Gasteiger partial charge >= 0.3 is 5.97 Å². The third-order valence-corrected chi connectivity index (χ3v) is 5.57. The van der Waals surface area contributed by atoms with Crippen molar-refractivity contribution in [3.8, 4) is 0 Å². The van der Waals surface area contributed by atoms with E-state index in [4.69, 9.17) is 4.74 Å². The third kappa shape index (κ3) is 5.92. The van der Waals surface area contributed by atoms with Crippen molar-refractivity contribution in [1.29, 1.82) is 0 Å². The first kappa shape index (κ1) is 22.2. The van der Waals surface area contributed by atoms with E-state index in [1.807, 2.05) is 0 Å². The molecule has 0 fully saturated rings. The number of nitrogens with one attached hydrogen (secondary N) is 1. The van der Waals surface area contributed by atoms with Gasteiger partial charge in [0, 0.05) is 6.04 Å². The Labute approximate surface area is 171 Å². The average molecular weight is 416 g/mol. The van der Waals surface area contributed by atoms with Crippen LogP contribution in [-0.4, -0.2) is 39.5 Å². The number of esters is 1. The fraction of sp³-hybridized carbons (Fsp3) is 0.238. The Hall–Kier alpha value is -3.13. The van der Waals surface area contributed by atoms with Crippen LogP contribution < -0.4 is 9.62 Å². The number of hydrogen-bond donors (Lipinski definition) is 1. The fourth-order valence-corrected chi connectivity index (χ4v) is 4.02.